The Morgan fingerprint density at radius 1 is 0.354 bits per heavy atom. The minimum Gasteiger partial charge on any atom is -0.252 e. The predicted molar refractivity (Wildman–Crippen MR) is 185 cm³/mol. The van der Waals surface area contributed by atoms with E-state index >= 15 is 35.1 Å². The van der Waals surface area contributed by atoms with Crippen LogP contribution in [0.3, 0.4) is 0 Å². The smallest absolute Gasteiger partial charge is 0.234 e. The molecule has 0 radical (unpaired) electrons. The molecule has 0 aliphatic carbocycles. The van der Waals surface area contributed by atoms with Crippen LogP contribution in [-0.4, -0.2) is 11.1 Å². The molecular weight excluding hydrogens is 930 g/mol. The van der Waals surface area contributed by atoms with E-state index in [1.165, 1.54) is 11.6 Å². The molecule has 0 aliphatic rings. The molecule has 1 heterocycles. The minimum absolute atomic E-state index is 0.234. The van der Waals surface area contributed by atoms with E-state index in [1.54, 1.807) is 24.5 Å². The fraction of sp³-hybridized carbons (Fsp3) is 0.0244. The summed E-state index contributed by atoms with van der Waals surface area (Å²) in [5.74, 6) is -71.6. The second-order valence-corrected chi connectivity index (χ2v) is 13.4. The lowest BCUT2D eigenvalue weighted by Gasteiger charge is -2.44. The highest BCUT2D eigenvalue weighted by Gasteiger charge is 2.52. The van der Waals surface area contributed by atoms with Crippen molar-refractivity contribution < 1.29 is 96.8 Å². The molecule has 7 rings (SSSR count). The van der Waals surface area contributed by atoms with E-state index in [0.29, 0.717) is 12.1 Å². The molecule has 2 nitrogen and oxygen atoms in total. The molecule has 0 N–H and O–H groups in total. The number of hydrogen-bond donors (Lipinski definition) is 0. The molecule has 0 fully saturated rings. The summed E-state index contributed by atoms with van der Waals surface area (Å²) in [5, 5.41) is 0. The lowest BCUT2D eigenvalue weighted by atomic mass is 9.12. The molecule has 65 heavy (non-hydrogen) atoms. The molecule has 7 aromatic rings. The van der Waals surface area contributed by atoms with Crippen LogP contribution in [0.1, 0.15) is 5.56 Å². The first-order valence-electron chi connectivity index (χ1n) is 17.4. The van der Waals surface area contributed by atoms with Gasteiger partial charge in [-0.3, -0.25) is 4.98 Å². The maximum absolute atomic E-state index is 15.4. The first-order chi connectivity index (χ1) is 30.5. The monoisotopic (exact) mass is 944 g/mol. The Balaban J connectivity index is 0.000000289. The molecule has 0 atom stereocenters. The first kappa shape index (κ1) is 47.5. The molecule has 338 valence electrons. The fourth-order valence-electron chi connectivity index (χ4n) is 7.07. The zero-order valence-corrected chi connectivity index (χ0v) is 31.0. The van der Waals surface area contributed by atoms with Gasteiger partial charge in [0, 0.05) is 5.56 Å². The Labute approximate surface area is 348 Å². The van der Waals surface area contributed by atoms with E-state index in [1.807, 2.05) is 35.0 Å². The number of halogens is 21. The third-order valence-corrected chi connectivity index (χ3v) is 9.89. The van der Waals surface area contributed by atoms with Crippen LogP contribution in [0.25, 0.3) is 11.3 Å². The van der Waals surface area contributed by atoms with E-state index in [4.69, 9.17) is 0 Å². The molecule has 0 amide bonds. The highest BCUT2D eigenvalue weighted by atomic mass is 19.2. The Morgan fingerprint density at radius 3 is 0.969 bits per heavy atom. The summed E-state index contributed by atoms with van der Waals surface area (Å²) in [5.41, 5.74) is -11.8. The van der Waals surface area contributed by atoms with Gasteiger partial charge in [0.15, 0.2) is 82.5 Å². The molecule has 0 aliphatic heterocycles. The normalized spacial score (nSPS) is 11.5. The van der Waals surface area contributed by atoms with Gasteiger partial charge in [0.25, 0.3) is 0 Å². The molecule has 1 aromatic heterocycles. The van der Waals surface area contributed by atoms with Crippen molar-refractivity contribution in [2.24, 2.45) is 0 Å². The van der Waals surface area contributed by atoms with Gasteiger partial charge in [-0.1, -0.05) is 42.5 Å². The maximum Gasteiger partial charge on any atom is 0.234 e. The van der Waals surface area contributed by atoms with Gasteiger partial charge in [0.05, 0.1) is 18.0 Å². The maximum atomic E-state index is 15.4. The van der Waals surface area contributed by atoms with E-state index in [0.717, 1.165) is 5.69 Å². The average Bonchev–Trinajstić information content (AvgIpc) is 3.30. The standard InChI is InChI=1S/C24BF20.C17H14FN2/c26-5-1(6(27)14(35)21(42)13(5)34)25(2-7(28)15(36)22(43)16(37)8(2)29,3-9(30)17(38)23(44)18(39)10(3)31)4-11(32)19(40)24(45)20(41)12(4)33;18-16-9-5-4-8-15(16)17-12-19-10-11-20(17)13-14-6-2-1-3-7-14/h;1-12H,13H2/q-1;+1. The van der Waals surface area contributed by atoms with Gasteiger partial charge < -0.3 is 0 Å². The average molecular weight is 944 g/mol. The predicted octanol–water partition coefficient (Wildman–Crippen LogP) is 9.07. The zero-order chi connectivity index (χ0) is 48.1. The molecular formula is C41H14BF21N2. The van der Waals surface area contributed by atoms with Crippen molar-refractivity contribution in [1.82, 2.24) is 4.98 Å². The van der Waals surface area contributed by atoms with Crippen molar-refractivity contribution in [3.05, 3.63) is 201 Å². The van der Waals surface area contributed by atoms with Gasteiger partial charge in [-0.25, -0.2) is 92.2 Å². The van der Waals surface area contributed by atoms with Gasteiger partial charge in [-0.15, -0.1) is 21.9 Å². The van der Waals surface area contributed by atoms with Crippen LogP contribution in [0.15, 0.2) is 73.2 Å². The molecule has 0 saturated heterocycles. The van der Waals surface area contributed by atoms with E-state index in [2.05, 4.69) is 17.1 Å². The zero-order valence-electron chi connectivity index (χ0n) is 31.0. The van der Waals surface area contributed by atoms with Gasteiger partial charge >= 0.3 is 0 Å². The molecule has 24 heteroatoms. The lowest BCUT2D eigenvalue weighted by Crippen LogP contribution is -2.81. The molecule has 0 unspecified atom stereocenters. The molecule has 0 saturated carbocycles. The van der Waals surface area contributed by atoms with Crippen LogP contribution < -0.4 is 26.4 Å². The second kappa shape index (κ2) is 17.9. The van der Waals surface area contributed by atoms with Crippen LogP contribution >= 0.6 is 0 Å². The lowest BCUT2D eigenvalue weighted by molar-refractivity contribution is -0.678. The van der Waals surface area contributed by atoms with Crippen molar-refractivity contribution in [1.29, 1.82) is 0 Å². The number of hydrogen-bond acceptors (Lipinski definition) is 1. The summed E-state index contributed by atoms with van der Waals surface area (Å²) < 4.78 is 310. The highest BCUT2D eigenvalue weighted by molar-refractivity contribution is 7.20. The van der Waals surface area contributed by atoms with Gasteiger partial charge in [-0.05, 0) is 12.1 Å². The highest BCUT2D eigenvalue weighted by Crippen LogP contribution is 2.31. The summed E-state index contributed by atoms with van der Waals surface area (Å²) in [7, 11) is 0. The van der Waals surface area contributed by atoms with Crippen LogP contribution in [0, 0.1) is 122 Å². The fourth-order valence-corrected chi connectivity index (χ4v) is 7.07. The van der Waals surface area contributed by atoms with E-state index in [9.17, 15) is 57.1 Å². The molecule has 0 spiro atoms. The van der Waals surface area contributed by atoms with Crippen molar-refractivity contribution in [3.63, 3.8) is 0 Å². The van der Waals surface area contributed by atoms with Crippen molar-refractivity contribution in [2.45, 2.75) is 6.54 Å². The van der Waals surface area contributed by atoms with Gasteiger partial charge in [0.2, 0.25) is 5.69 Å². The van der Waals surface area contributed by atoms with Crippen LogP contribution in [0.2, 0.25) is 0 Å². The second-order valence-electron chi connectivity index (χ2n) is 13.4. The number of benzene rings is 6. The minimum atomic E-state index is -7.22. The largest absolute Gasteiger partial charge is 0.252 e. The van der Waals surface area contributed by atoms with Crippen molar-refractivity contribution in [2.75, 3.05) is 0 Å². The summed E-state index contributed by atoms with van der Waals surface area (Å²) in [6, 6.07) is 16.9. The SMILES string of the molecule is Fc1c(F)c(F)c([B-](c2c(F)c(F)c(F)c(F)c2F)(c2c(F)c(F)c(F)c(F)c2F)c2c(F)c(F)c(F)c(F)c2F)c(F)c1F.Fc1ccccc1-c1cncc[n+]1Cc1ccccc1. The quantitative estimate of drug-likeness (QED) is 0.0513. The third kappa shape index (κ3) is 7.56. The molecule has 6 aromatic carbocycles. The number of aromatic nitrogens is 2. The Kier molecular flexibility index (Phi) is 13.1. The number of nitrogens with zero attached hydrogens (tertiary/aromatic N) is 2. The van der Waals surface area contributed by atoms with Crippen molar-refractivity contribution in [3.8, 4) is 11.3 Å². The summed E-state index contributed by atoms with van der Waals surface area (Å²) in [6.45, 7) is 0.688. The van der Waals surface area contributed by atoms with Gasteiger partial charge in [-0.2, -0.15) is 4.57 Å². The van der Waals surface area contributed by atoms with E-state index < -0.39 is 144 Å². The number of rotatable bonds is 7. The first-order valence-corrected chi connectivity index (χ1v) is 17.4. The summed E-state index contributed by atoms with van der Waals surface area (Å²) in [4.78, 5) is 4.12. The third-order valence-electron chi connectivity index (χ3n) is 9.89. The van der Waals surface area contributed by atoms with Crippen molar-refractivity contribution >= 4 is 28.0 Å². The van der Waals surface area contributed by atoms with Crippen LogP contribution in [-0.2, 0) is 6.54 Å². The van der Waals surface area contributed by atoms with E-state index in [-0.39, 0.29) is 5.82 Å². The Morgan fingerprint density at radius 2 is 0.646 bits per heavy atom. The summed E-state index contributed by atoms with van der Waals surface area (Å²) >= 11 is 0. The Hall–Kier alpha value is -7.01. The Bertz CT molecular complexity index is 2660. The summed E-state index contributed by atoms with van der Waals surface area (Å²) in [6.07, 6.45) is -1.94. The van der Waals surface area contributed by atoms with Gasteiger partial charge in [0.1, 0.15) is 58.5 Å². The molecule has 0 bridgehead atoms. The topological polar surface area (TPSA) is 16.8 Å². The van der Waals surface area contributed by atoms with Crippen LogP contribution in [0.5, 0.6) is 0 Å². The van der Waals surface area contributed by atoms with Crippen LogP contribution in [0.4, 0.5) is 92.2 Å².